The van der Waals surface area contributed by atoms with E-state index < -0.39 is 0 Å². The van der Waals surface area contributed by atoms with Gasteiger partial charge in [-0.15, -0.1) is 0 Å². The monoisotopic (exact) mass is 227 g/mol. The van der Waals surface area contributed by atoms with Crippen molar-refractivity contribution in [3.8, 4) is 17.9 Å². The van der Waals surface area contributed by atoms with Crippen molar-refractivity contribution in [2.24, 2.45) is 0 Å². The Kier molecular flexibility index (Phi) is 4.59. The number of carbonyl (C=O) groups excluding carboxylic acids is 1. The third-order valence-corrected chi connectivity index (χ3v) is 2.03. The highest BCUT2D eigenvalue weighted by molar-refractivity contribution is 5.72. The molecule has 0 atom stereocenters. The van der Waals surface area contributed by atoms with Crippen molar-refractivity contribution in [3.63, 3.8) is 0 Å². The fourth-order valence-corrected chi connectivity index (χ4v) is 1.20. The van der Waals surface area contributed by atoms with Gasteiger partial charge < -0.3 is 11.1 Å². The molecule has 0 spiro atoms. The Balaban J connectivity index is 2.61. The maximum atomic E-state index is 10.6. The average molecular weight is 227 g/mol. The molecule has 0 aliphatic carbocycles. The molecule has 17 heavy (non-hydrogen) atoms. The number of amides is 1. The molecule has 4 nitrogen and oxygen atoms in total. The number of nitrogen functional groups attached to an aromatic ring is 1. The van der Waals surface area contributed by atoms with E-state index in [1.54, 1.807) is 18.2 Å². The number of nitrogens with two attached hydrogens (primary N) is 1. The minimum Gasteiger partial charge on any atom is -0.398 e. The number of carbonyl (C=O) groups is 1. The number of nitriles is 1. The molecule has 1 aromatic carbocycles. The van der Waals surface area contributed by atoms with Crippen molar-refractivity contribution in [1.29, 1.82) is 5.26 Å². The lowest BCUT2D eigenvalue weighted by Gasteiger charge is -1.97. The van der Waals surface area contributed by atoms with E-state index in [-0.39, 0.29) is 5.91 Å². The van der Waals surface area contributed by atoms with E-state index in [9.17, 15) is 4.79 Å². The lowest BCUT2D eigenvalue weighted by Crippen LogP contribution is -2.20. The SMILES string of the molecule is CC(=O)NCCC#Cc1ccc(N)c(C#N)c1. The van der Waals surface area contributed by atoms with Gasteiger partial charge in [0.2, 0.25) is 5.91 Å². The van der Waals surface area contributed by atoms with Gasteiger partial charge in [-0.2, -0.15) is 5.26 Å². The fraction of sp³-hybridized carbons (Fsp3) is 0.231. The van der Waals surface area contributed by atoms with Crippen LogP contribution in [0.1, 0.15) is 24.5 Å². The first-order valence-corrected chi connectivity index (χ1v) is 5.16. The summed E-state index contributed by atoms with van der Waals surface area (Å²) in [5, 5.41) is 11.4. The summed E-state index contributed by atoms with van der Waals surface area (Å²) >= 11 is 0. The van der Waals surface area contributed by atoms with Crippen LogP contribution in [0.4, 0.5) is 5.69 Å². The highest BCUT2D eigenvalue weighted by Gasteiger charge is 1.97. The van der Waals surface area contributed by atoms with Gasteiger partial charge in [-0.05, 0) is 18.2 Å². The van der Waals surface area contributed by atoms with Crippen LogP contribution in [0.5, 0.6) is 0 Å². The molecule has 3 N–H and O–H groups in total. The van der Waals surface area contributed by atoms with E-state index in [0.717, 1.165) is 5.56 Å². The maximum Gasteiger partial charge on any atom is 0.216 e. The van der Waals surface area contributed by atoms with E-state index in [1.165, 1.54) is 6.92 Å². The summed E-state index contributed by atoms with van der Waals surface area (Å²) in [4.78, 5) is 10.6. The van der Waals surface area contributed by atoms with Crippen LogP contribution in [-0.2, 0) is 4.79 Å². The highest BCUT2D eigenvalue weighted by atomic mass is 16.1. The van der Waals surface area contributed by atoms with E-state index in [0.29, 0.717) is 24.2 Å². The van der Waals surface area contributed by atoms with Crippen LogP contribution >= 0.6 is 0 Å². The molecule has 0 heterocycles. The number of nitrogens with one attached hydrogen (secondary N) is 1. The molecule has 4 heteroatoms. The summed E-state index contributed by atoms with van der Waals surface area (Å²) in [5.74, 6) is 5.76. The second-order valence-corrected chi connectivity index (χ2v) is 3.45. The zero-order valence-corrected chi connectivity index (χ0v) is 9.58. The van der Waals surface area contributed by atoms with Crippen molar-refractivity contribution in [3.05, 3.63) is 29.3 Å². The largest absolute Gasteiger partial charge is 0.398 e. The Labute approximate surface area is 100 Å². The van der Waals surface area contributed by atoms with Crippen molar-refractivity contribution in [1.82, 2.24) is 5.32 Å². The zero-order chi connectivity index (χ0) is 12.7. The summed E-state index contributed by atoms with van der Waals surface area (Å²) in [6.07, 6.45) is 0.575. The van der Waals surface area contributed by atoms with E-state index >= 15 is 0 Å². The van der Waals surface area contributed by atoms with Gasteiger partial charge in [0.15, 0.2) is 0 Å². The van der Waals surface area contributed by atoms with Crippen LogP contribution in [0.25, 0.3) is 0 Å². The molecular weight excluding hydrogens is 214 g/mol. The summed E-state index contributed by atoms with van der Waals surface area (Å²) in [6, 6.07) is 7.08. The minimum atomic E-state index is -0.0638. The number of hydrogen-bond donors (Lipinski definition) is 2. The van der Waals surface area contributed by atoms with Crippen molar-refractivity contribution in [2.75, 3.05) is 12.3 Å². The quantitative estimate of drug-likeness (QED) is 0.449. The highest BCUT2D eigenvalue weighted by Crippen LogP contribution is 2.11. The van der Waals surface area contributed by atoms with Gasteiger partial charge in [-0.3, -0.25) is 4.79 Å². The molecule has 0 bridgehead atoms. The summed E-state index contributed by atoms with van der Waals surface area (Å²) in [7, 11) is 0. The topological polar surface area (TPSA) is 78.9 Å². The summed E-state index contributed by atoms with van der Waals surface area (Å²) in [6.45, 7) is 2.00. The Bertz CT molecular complexity index is 518. The Morgan fingerprint density at radius 2 is 2.29 bits per heavy atom. The minimum absolute atomic E-state index is 0.0638. The molecule has 0 saturated heterocycles. The fourth-order valence-electron chi connectivity index (χ4n) is 1.20. The zero-order valence-electron chi connectivity index (χ0n) is 9.58. The first kappa shape index (κ1) is 12.6. The van der Waals surface area contributed by atoms with E-state index in [1.807, 2.05) is 6.07 Å². The molecule has 1 rings (SSSR count). The number of benzene rings is 1. The van der Waals surface area contributed by atoms with Gasteiger partial charge >= 0.3 is 0 Å². The second-order valence-electron chi connectivity index (χ2n) is 3.45. The Hall–Kier alpha value is -2.46. The van der Waals surface area contributed by atoms with Gasteiger partial charge in [-0.25, -0.2) is 0 Å². The predicted molar refractivity (Wildman–Crippen MR) is 65.7 cm³/mol. The summed E-state index contributed by atoms with van der Waals surface area (Å²) in [5.41, 5.74) is 7.22. The summed E-state index contributed by atoms with van der Waals surface area (Å²) < 4.78 is 0. The van der Waals surface area contributed by atoms with Crippen LogP contribution in [0.3, 0.4) is 0 Å². The molecular formula is C13H13N3O. The van der Waals surface area contributed by atoms with Crippen molar-refractivity contribution in [2.45, 2.75) is 13.3 Å². The predicted octanol–water partition coefficient (Wildman–Crippen LogP) is 1.02. The maximum absolute atomic E-state index is 10.6. The van der Waals surface area contributed by atoms with E-state index in [4.69, 9.17) is 11.0 Å². The van der Waals surface area contributed by atoms with Crippen LogP contribution in [-0.4, -0.2) is 12.5 Å². The van der Waals surface area contributed by atoms with Crippen molar-refractivity contribution < 1.29 is 4.79 Å². The third-order valence-electron chi connectivity index (χ3n) is 2.03. The second kappa shape index (κ2) is 6.19. The van der Waals surface area contributed by atoms with Gasteiger partial charge in [-0.1, -0.05) is 11.8 Å². The Morgan fingerprint density at radius 3 is 2.94 bits per heavy atom. The molecule has 86 valence electrons. The first-order valence-electron chi connectivity index (χ1n) is 5.16. The molecule has 0 aliphatic heterocycles. The van der Waals surface area contributed by atoms with Gasteiger partial charge in [0.25, 0.3) is 0 Å². The molecule has 0 aromatic heterocycles. The normalized spacial score (nSPS) is 8.71. The van der Waals surface area contributed by atoms with Gasteiger partial charge in [0.1, 0.15) is 6.07 Å². The van der Waals surface area contributed by atoms with Gasteiger partial charge in [0.05, 0.1) is 5.56 Å². The number of rotatable bonds is 2. The molecule has 0 fully saturated rings. The van der Waals surface area contributed by atoms with E-state index in [2.05, 4.69) is 17.2 Å². The molecule has 1 amide bonds. The lowest BCUT2D eigenvalue weighted by atomic mass is 10.1. The molecule has 0 saturated carbocycles. The number of nitrogens with zero attached hydrogens (tertiary/aromatic N) is 1. The smallest absolute Gasteiger partial charge is 0.216 e. The lowest BCUT2D eigenvalue weighted by molar-refractivity contribution is -0.118. The number of anilines is 1. The van der Waals surface area contributed by atoms with Crippen LogP contribution < -0.4 is 11.1 Å². The molecule has 0 aliphatic rings. The average Bonchev–Trinajstić information content (AvgIpc) is 2.30. The number of hydrogen-bond acceptors (Lipinski definition) is 3. The molecule has 0 radical (unpaired) electrons. The molecule has 1 aromatic rings. The van der Waals surface area contributed by atoms with Crippen LogP contribution in [0.2, 0.25) is 0 Å². The van der Waals surface area contributed by atoms with Crippen molar-refractivity contribution >= 4 is 11.6 Å². The Morgan fingerprint density at radius 1 is 1.53 bits per heavy atom. The first-order chi connectivity index (χ1) is 8.13. The molecule has 0 unspecified atom stereocenters. The van der Waals surface area contributed by atoms with Crippen LogP contribution in [0, 0.1) is 23.2 Å². The van der Waals surface area contributed by atoms with Crippen LogP contribution in [0.15, 0.2) is 18.2 Å². The van der Waals surface area contributed by atoms with Gasteiger partial charge in [0, 0.05) is 31.1 Å². The third kappa shape index (κ3) is 4.27. The standard InChI is InChI=1S/C13H13N3O/c1-10(17)16-7-3-2-4-11-5-6-13(15)12(8-11)9-14/h5-6,8H,3,7,15H2,1H3,(H,16,17).